The predicted molar refractivity (Wildman–Crippen MR) is 117 cm³/mol. The number of phenols is 4. The molecule has 1 aliphatic rings. The van der Waals surface area contributed by atoms with E-state index < -0.39 is 48.4 Å². The third-order valence-corrected chi connectivity index (χ3v) is 5.96. The van der Waals surface area contributed by atoms with Crippen LogP contribution in [0.2, 0.25) is 0 Å². The molecule has 5 atom stereocenters. The molecule has 1 heterocycles. The highest BCUT2D eigenvalue weighted by Gasteiger charge is 2.44. The van der Waals surface area contributed by atoms with Crippen molar-refractivity contribution in [2.75, 3.05) is 13.7 Å². The van der Waals surface area contributed by atoms with Crippen molar-refractivity contribution in [3.05, 3.63) is 30.3 Å². The molecule has 0 spiro atoms. The lowest BCUT2D eigenvalue weighted by Crippen LogP contribution is -2.56. The summed E-state index contributed by atoms with van der Waals surface area (Å²) in [6.45, 7) is -0.455. The molecule has 0 radical (unpaired) electrons. The van der Waals surface area contributed by atoms with Crippen molar-refractivity contribution in [2.45, 2.75) is 30.8 Å². The Morgan fingerprint density at radius 1 is 0.882 bits per heavy atom. The van der Waals surface area contributed by atoms with Crippen LogP contribution in [0.15, 0.2) is 34.7 Å². The Labute approximate surface area is 192 Å². The minimum Gasteiger partial charge on any atom is -0.507 e. The average Bonchev–Trinajstić information content (AvgIpc) is 2.81. The van der Waals surface area contributed by atoms with Crippen LogP contribution < -0.4 is 9.47 Å². The predicted octanol–water partition coefficient (Wildman–Crippen LogP) is 1.05. The molecule has 1 saturated carbocycles. The van der Waals surface area contributed by atoms with Crippen LogP contribution in [-0.4, -0.2) is 79.0 Å². The Kier molecular flexibility index (Phi) is 6.28. The molecule has 11 heteroatoms. The fourth-order valence-corrected chi connectivity index (χ4v) is 4.09. The molecule has 0 aliphatic heterocycles. The van der Waals surface area contributed by atoms with Crippen molar-refractivity contribution in [1.82, 2.24) is 0 Å². The molecule has 182 valence electrons. The van der Waals surface area contributed by atoms with Crippen molar-refractivity contribution in [3.63, 3.8) is 0 Å². The van der Waals surface area contributed by atoms with Crippen LogP contribution >= 0.6 is 0 Å². The van der Waals surface area contributed by atoms with E-state index in [0.29, 0.717) is 0 Å². The number of hydrogen-bond donors (Lipinski definition) is 8. The molecule has 1 aliphatic carbocycles. The second kappa shape index (κ2) is 9.03. The van der Waals surface area contributed by atoms with Crippen LogP contribution in [-0.2, 0) is 0 Å². The highest BCUT2D eigenvalue weighted by molar-refractivity contribution is 5.88. The fraction of sp³-hybridized carbons (Fsp3) is 0.348. The van der Waals surface area contributed by atoms with E-state index in [9.17, 15) is 40.9 Å². The number of aromatic hydroxyl groups is 4. The summed E-state index contributed by atoms with van der Waals surface area (Å²) in [5, 5.41) is 80.7. The van der Waals surface area contributed by atoms with Gasteiger partial charge in [-0.15, -0.1) is 0 Å². The van der Waals surface area contributed by atoms with Gasteiger partial charge in [0, 0.05) is 36.8 Å². The maximum Gasteiger partial charge on any atom is 0.402 e. The topological polar surface area (TPSA) is 192 Å². The Morgan fingerprint density at radius 2 is 1.62 bits per heavy atom. The van der Waals surface area contributed by atoms with Gasteiger partial charge in [-0.2, -0.15) is 0 Å². The van der Waals surface area contributed by atoms with Crippen molar-refractivity contribution in [1.29, 1.82) is 0 Å². The van der Waals surface area contributed by atoms with Crippen LogP contribution in [0.25, 0.3) is 22.3 Å². The van der Waals surface area contributed by atoms with E-state index in [4.69, 9.17) is 13.9 Å². The molecule has 0 amide bonds. The second-order valence-electron chi connectivity index (χ2n) is 8.17. The van der Waals surface area contributed by atoms with Gasteiger partial charge in [0.1, 0.15) is 35.2 Å². The van der Waals surface area contributed by atoms with E-state index in [1.54, 1.807) is 0 Å². The van der Waals surface area contributed by atoms with Crippen LogP contribution in [0, 0.1) is 5.92 Å². The van der Waals surface area contributed by atoms with Crippen LogP contribution in [0.3, 0.4) is 0 Å². The third-order valence-electron chi connectivity index (χ3n) is 5.96. The van der Waals surface area contributed by atoms with E-state index in [0.717, 1.165) is 6.07 Å². The lowest BCUT2D eigenvalue weighted by molar-refractivity contribution is -0.157. The zero-order valence-electron chi connectivity index (χ0n) is 18.0. The van der Waals surface area contributed by atoms with Gasteiger partial charge in [0.15, 0.2) is 11.5 Å². The van der Waals surface area contributed by atoms with Gasteiger partial charge in [0.05, 0.1) is 24.8 Å². The Hall–Kier alpha value is -3.51. The Balaban J connectivity index is 1.87. The molecule has 11 nitrogen and oxygen atoms in total. The molecule has 2 unspecified atom stereocenters. The number of aliphatic hydroxyl groups is 4. The van der Waals surface area contributed by atoms with E-state index in [-0.39, 0.29) is 51.7 Å². The van der Waals surface area contributed by atoms with Gasteiger partial charge in [-0.25, -0.2) is 4.42 Å². The molecule has 1 fully saturated rings. The zero-order chi connectivity index (χ0) is 24.7. The SMILES string of the molecule is COc1cc(-c2[o+]c3cc(O)cc(O)c3cc2O[C@@H]2CC(CO)[C@@H](O)[C@@H](O)C2O)cc(O)c1O. The Morgan fingerprint density at radius 3 is 2.29 bits per heavy atom. The molecule has 4 rings (SSSR count). The summed E-state index contributed by atoms with van der Waals surface area (Å²) in [6, 6.07) is 6.23. The summed E-state index contributed by atoms with van der Waals surface area (Å²) in [4.78, 5) is 0. The summed E-state index contributed by atoms with van der Waals surface area (Å²) < 4.78 is 16.9. The number of benzene rings is 2. The maximum absolute atomic E-state index is 10.5. The summed E-state index contributed by atoms with van der Waals surface area (Å²) in [7, 11) is 1.28. The van der Waals surface area contributed by atoms with Crippen molar-refractivity contribution in [3.8, 4) is 45.8 Å². The summed E-state index contributed by atoms with van der Waals surface area (Å²) >= 11 is 0. The molecule has 8 N–H and O–H groups in total. The van der Waals surface area contributed by atoms with Gasteiger partial charge in [-0.3, -0.25) is 0 Å². The van der Waals surface area contributed by atoms with E-state index in [1.807, 2.05) is 0 Å². The average molecular weight is 477 g/mol. The molecular formula is C23H25O11+. The normalized spacial score (nSPS) is 24.8. The van der Waals surface area contributed by atoms with Crippen LogP contribution in [0.5, 0.6) is 34.5 Å². The van der Waals surface area contributed by atoms with Gasteiger partial charge < -0.3 is 50.3 Å². The summed E-state index contributed by atoms with van der Waals surface area (Å²) in [5.41, 5.74) is 0.232. The largest absolute Gasteiger partial charge is 0.507 e. The summed E-state index contributed by atoms with van der Waals surface area (Å²) in [6.07, 6.45) is -5.56. The lowest BCUT2D eigenvalue weighted by atomic mass is 9.81. The van der Waals surface area contributed by atoms with Crippen LogP contribution in [0.4, 0.5) is 0 Å². The number of rotatable bonds is 5. The molecule has 2 aromatic carbocycles. The highest BCUT2D eigenvalue weighted by Crippen LogP contribution is 2.45. The molecular weight excluding hydrogens is 452 g/mol. The number of methoxy groups -OCH3 is 1. The lowest BCUT2D eigenvalue weighted by Gasteiger charge is -2.39. The van der Waals surface area contributed by atoms with Gasteiger partial charge in [0.25, 0.3) is 0 Å². The molecule has 3 aromatic rings. The Bertz CT molecular complexity index is 1210. The van der Waals surface area contributed by atoms with Gasteiger partial charge >= 0.3 is 11.3 Å². The molecule has 0 bridgehead atoms. The second-order valence-corrected chi connectivity index (χ2v) is 8.17. The maximum atomic E-state index is 10.5. The smallest absolute Gasteiger partial charge is 0.402 e. The first-order valence-corrected chi connectivity index (χ1v) is 10.4. The van der Waals surface area contributed by atoms with E-state index >= 15 is 0 Å². The first-order valence-electron chi connectivity index (χ1n) is 10.4. The standard InChI is InChI=1S/C23H24O11/c1-32-16-3-9(2-14(27)20(16)29)23-18(7-12-13(26)5-11(25)6-15(12)34-23)33-17-4-10(8-24)19(28)22(31)21(17)30/h2-3,5-7,10,17,19,21-22,24,28,30-31H,4,8H2,1H3,(H3-,25,26,27,29)/p+1/t10?,17-,19-,21?,22-/m1/s1. The van der Waals surface area contributed by atoms with E-state index in [2.05, 4.69) is 0 Å². The number of phenolic OH excluding ortho intramolecular Hbond substituents is 4. The highest BCUT2D eigenvalue weighted by atomic mass is 16.5. The molecule has 1 aromatic heterocycles. The molecule has 0 saturated heterocycles. The number of fused-ring (bicyclic) bond motifs is 1. The van der Waals surface area contributed by atoms with Gasteiger partial charge in [-0.05, 0) is 6.42 Å². The monoisotopic (exact) mass is 477 g/mol. The fourth-order valence-electron chi connectivity index (χ4n) is 4.09. The first-order chi connectivity index (χ1) is 16.1. The molecule has 34 heavy (non-hydrogen) atoms. The van der Waals surface area contributed by atoms with Crippen molar-refractivity contribution < 1.29 is 54.7 Å². The van der Waals surface area contributed by atoms with Gasteiger partial charge in [-0.1, -0.05) is 0 Å². The zero-order valence-corrected chi connectivity index (χ0v) is 18.0. The quantitative estimate of drug-likeness (QED) is 0.193. The first kappa shape index (κ1) is 23.6. The number of hydrogen-bond acceptors (Lipinski definition) is 10. The van der Waals surface area contributed by atoms with Crippen molar-refractivity contribution in [2.24, 2.45) is 5.92 Å². The summed E-state index contributed by atoms with van der Waals surface area (Å²) in [5.74, 6) is -2.54. The van der Waals surface area contributed by atoms with Gasteiger partial charge in [0.2, 0.25) is 11.5 Å². The minimum absolute atomic E-state index is 0.0148. The number of aliphatic hydroxyl groups excluding tert-OH is 4. The van der Waals surface area contributed by atoms with E-state index in [1.165, 1.54) is 31.4 Å². The van der Waals surface area contributed by atoms with Crippen molar-refractivity contribution >= 4 is 11.0 Å². The third kappa shape index (κ3) is 4.10. The minimum atomic E-state index is -1.58. The van der Waals surface area contributed by atoms with Crippen LogP contribution in [0.1, 0.15) is 6.42 Å². The number of ether oxygens (including phenoxy) is 2.